The molecule has 0 bridgehead atoms. The molecule has 47 heavy (non-hydrogen) atoms. The maximum Gasteiger partial charge on any atom is 0.573 e. The van der Waals surface area contributed by atoms with Gasteiger partial charge >= 0.3 is 31.0 Å². The van der Waals surface area contributed by atoms with E-state index in [-0.39, 0.29) is 12.1 Å². The van der Waals surface area contributed by atoms with Crippen LogP contribution in [0.25, 0.3) is 0 Å². The Labute approximate surface area is 255 Å². The molecule has 0 aromatic heterocycles. The molecule has 1 N–H and O–H groups in total. The average molecular weight is 694 g/mol. The number of ether oxygens (including phenoxy) is 2. The van der Waals surface area contributed by atoms with Crippen LogP contribution in [0, 0.1) is 12.7 Å². The first kappa shape index (κ1) is 36.8. The molecule has 256 valence electrons. The molecule has 0 unspecified atom stereocenters. The minimum absolute atomic E-state index is 0.0420. The third kappa shape index (κ3) is 7.65. The number of alkyl halides is 12. The van der Waals surface area contributed by atoms with Gasteiger partial charge in [0.15, 0.2) is 5.82 Å². The molecule has 0 heterocycles. The van der Waals surface area contributed by atoms with E-state index >= 15 is 4.39 Å². The maximum absolute atomic E-state index is 15.7. The van der Waals surface area contributed by atoms with Crippen molar-refractivity contribution in [3.63, 3.8) is 0 Å². The summed E-state index contributed by atoms with van der Waals surface area (Å²) in [6.07, 6.45) is -18.5. The molecule has 0 spiro atoms. The van der Waals surface area contributed by atoms with Crippen molar-refractivity contribution in [3.05, 3.63) is 82.7 Å². The average Bonchev–Trinajstić information content (AvgIpc) is 2.93. The van der Waals surface area contributed by atoms with E-state index in [1.165, 1.54) is 13.0 Å². The Morgan fingerprint density at radius 2 is 1.40 bits per heavy atom. The molecule has 3 aromatic rings. The maximum atomic E-state index is 15.7. The molecule has 0 radical (unpaired) electrons. The van der Waals surface area contributed by atoms with Crippen LogP contribution < -0.4 is 19.7 Å². The highest BCUT2D eigenvalue weighted by Crippen LogP contribution is 2.54. The number of nitrogens with one attached hydrogen (secondary N) is 1. The van der Waals surface area contributed by atoms with Crippen LogP contribution in [0.1, 0.15) is 38.8 Å². The number of aryl methyl sites for hydroxylation is 1. The number of hydrogen-bond acceptors (Lipinski definition) is 4. The van der Waals surface area contributed by atoms with E-state index in [2.05, 4.69) is 9.47 Å². The van der Waals surface area contributed by atoms with E-state index in [0.717, 1.165) is 36.4 Å². The van der Waals surface area contributed by atoms with Gasteiger partial charge in [-0.1, -0.05) is 18.2 Å². The Balaban J connectivity index is 2.08. The first-order chi connectivity index (χ1) is 21.5. The Kier molecular flexibility index (Phi) is 10.3. The van der Waals surface area contributed by atoms with Crippen LogP contribution >= 0.6 is 0 Å². The lowest BCUT2D eigenvalue weighted by Gasteiger charge is -2.31. The van der Waals surface area contributed by atoms with E-state index in [9.17, 15) is 62.3 Å². The second-order valence-electron chi connectivity index (χ2n) is 9.38. The topological polar surface area (TPSA) is 67.9 Å². The summed E-state index contributed by atoms with van der Waals surface area (Å²) in [4.78, 5) is 26.9. The van der Waals surface area contributed by atoms with Crippen molar-refractivity contribution in [1.82, 2.24) is 0 Å². The van der Waals surface area contributed by atoms with E-state index < -0.39 is 100 Å². The number of rotatable bonds is 9. The number of nitrogens with zero attached hydrogens (tertiary/aromatic N) is 1. The van der Waals surface area contributed by atoms with E-state index in [1.54, 1.807) is 5.32 Å². The summed E-state index contributed by atoms with van der Waals surface area (Å²) in [5.41, 5.74) is -12.5. The van der Waals surface area contributed by atoms with Crippen LogP contribution in [0.15, 0.2) is 54.6 Å². The summed E-state index contributed by atoms with van der Waals surface area (Å²) in [5, 5.41) is 1.81. The van der Waals surface area contributed by atoms with Crippen LogP contribution in [0.3, 0.4) is 0 Å². The van der Waals surface area contributed by atoms with Crippen LogP contribution in [0.2, 0.25) is 0 Å². The van der Waals surface area contributed by atoms with Crippen molar-refractivity contribution in [2.75, 3.05) is 16.8 Å². The van der Waals surface area contributed by atoms with Crippen molar-refractivity contribution in [3.8, 4) is 11.5 Å². The smallest absolute Gasteiger partial charge is 0.433 e. The van der Waals surface area contributed by atoms with Gasteiger partial charge < -0.3 is 19.7 Å². The van der Waals surface area contributed by atoms with Gasteiger partial charge in [-0.3, -0.25) is 9.59 Å². The normalized spacial score (nSPS) is 12.6. The van der Waals surface area contributed by atoms with Gasteiger partial charge in [0, 0.05) is 12.1 Å². The summed E-state index contributed by atoms with van der Waals surface area (Å²) < 4.78 is 183. The summed E-state index contributed by atoms with van der Waals surface area (Å²) in [5.74, 6) is -6.82. The third-order valence-electron chi connectivity index (χ3n) is 6.35. The zero-order valence-electron chi connectivity index (χ0n) is 23.5. The molecule has 3 rings (SSSR count). The lowest BCUT2D eigenvalue weighted by Crippen LogP contribution is -2.50. The minimum atomic E-state index is -6.63. The number of carbonyl (C=O) groups excluding carboxylic acids is 2. The van der Waals surface area contributed by atoms with E-state index in [4.69, 9.17) is 0 Å². The fraction of sp³-hybridized carbons (Fsp3) is 0.286. The van der Waals surface area contributed by atoms with Crippen molar-refractivity contribution in [1.29, 1.82) is 0 Å². The number of halogens is 13. The first-order valence-electron chi connectivity index (χ1n) is 12.7. The number of carbonyl (C=O) groups is 2. The predicted octanol–water partition coefficient (Wildman–Crippen LogP) is 8.84. The highest BCUT2D eigenvalue weighted by atomic mass is 19.4. The summed E-state index contributed by atoms with van der Waals surface area (Å²) in [6.45, 7) is -2.34. The Morgan fingerprint density at radius 1 is 0.830 bits per heavy atom. The highest BCUT2D eigenvalue weighted by Gasteiger charge is 2.73. The molecular formula is C28H19F13N2O4. The van der Waals surface area contributed by atoms with Gasteiger partial charge in [0.05, 0.1) is 22.5 Å². The molecule has 0 aliphatic carbocycles. The van der Waals surface area contributed by atoms with Gasteiger partial charge in [-0.05, 0) is 55.8 Å². The first-order valence-corrected chi connectivity index (χ1v) is 12.7. The summed E-state index contributed by atoms with van der Waals surface area (Å²) in [6, 6.07) is 6.30. The van der Waals surface area contributed by atoms with Gasteiger partial charge in [-0.15, -0.1) is 13.2 Å². The molecule has 19 heteroatoms. The van der Waals surface area contributed by atoms with Gasteiger partial charge in [0.2, 0.25) is 0 Å². The molecule has 6 nitrogen and oxygen atoms in total. The zero-order chi connectivity index (χ0) is 35.7. The van der Waals surface area contributed by atoms with E-state index in [1.807, 2.05) is 0 Å². The molecule has 0 atom stereocenters. The van der Waals surface area contributed by atoms with Crippen molar-refractivity contribution in [2.24, 2.45) is 0 Å². The number of para-hydroxylation sites is 1. The summed E-state index contributed by atoms with van der Waals surface area (Å²) in [7, 11) is 0. The van der Waals surface area contributed by atoms with Gasteiger partial charge in [0.1, 0.15) is 11.5 Å². The van der Waals surface area contributed by atoms with Crippen molar-refractivity contribution >= 4 is 23.2 Å². The minimum Gasteiger partial charge on any atom is -0.433 e. The predicted molar refractivity (Wildman–Crippen MR) is 138 cm³/mol. The number of amides is 2. The fourth-order valence-electron chi connectivity index (χ4n) is 4.30. The lowest BCUT2D eigenvalue weighted by molar-refractivity contribution is -0.348. The van der Waals surface area contributed by atoms with Crippen LogP contribution in [0.5, 0.6) is 11.5 Å². The fourth-order valence-corrected chi connectivity index (χ4v) is 4.30. The zero-order valence-corrected chi connectivity index (χ0v) is 23.5. The molecule has 0 saturated carbocycles. The van der Waals surface area contributed by atoms with E-state index in [0.29, 0.717) is 11.8 Å². The number of anilines is 2. The quantitative estimate of drug-likeness (QED) is 0.228. The van der Waals surface area contributed by atoms with Crippen LogP contribution in [-0.4, -0.2) is 43.7 Å². The van der Waals surface area contributed by atoms with Crippen molar-refractivity contribution in [2.45, 2.75) is 44.8 Å². The third-order valence-corrected chi connectivity index (χ3v) is 6.35. The lowest BCUT2D eigenvalue weighted by atomic mass is 9.92. The molecule has 2 amide bonds. The number of hydrogen-bond donors (Lipinski definition) is 1. The monoisotopic (exact) mass is 694 g/mol. The Hall–Kier alpha value is -4.71. The van der Waals surface area contributed by atoms with Gasteiger partial charge in [-0.2, -0.15) is 35.1 Å². The molecule has 0 saturated heterocycles. The summed E-state index contributed by atoms with van der Waals surface area (Å²) >= 11 is 0. The Morgan fingerprint density at radius 3 is 1.94 bits per heavy atom. The standard InChI is InChI=1S/C28H19F13N2O4/c1-3-43(23(45)15-7-4-5-10-18(15)47-28(39,40)41)17-9-6-8-16(20(17)29)22(44)42-21-13(2)11-14(12-19(21)46-24(30)31)25(32,26(33,34)35)27(36,37)38/h4-12,24H,3H2,1-2H3,(H,42,44). The largest absolute Gasteiger partial charge is 0.573 e. The molecule has 0 aliphatic heterocycles. The van der Waals surface area contributed by atoms with Crippen LogP contribution in [0.4, 0.5) is 68.5 Å². The van der Waals surface area contributed by atoms with Crippen molar-refractivity contribution < 1.29 is 76.1 Å². The van der Waals surface area contributed by atoms with Crippen LogP contribution in [-0.2, 0) is 5.67 Å². The second-order valence-corrected chi connectivity index (χ2v) is 9.38. The SMILES string of the molecule is CCN(C(=O)c1ccccc1OC(F)(F)F)c1cccc(C(=O)Nc2c(C)cc(C(F)(C(F)(F)F)C(F)(F)F)cc2OC(F)F)c1F. The Bertz CT molecular complexity index is 1620. The van der Waals surface area contributed by atoms with Gasteiger partial charge in [-0.25, -0.2) is 8.78 Å². The highest BCUT2D eigenvalue weighted by molar-refractivity contribution is 6.10. The molecular weight excluding hydrogens is 675 g/mol. The molecule has 3 aromatic carbocycles. The number of benzene rings is 3. The second kappa shape index (κ2) is 13.2. The molecule has 0 aliphatic rings. The van der Waals surface area contributed by atoms with Gasteiger partial charge in [0.25, 0.3) is 11.8 Å². The molecule has 0 fully saturated rings.